The molecule has 4 nitrogen and oxygen atoms in total. The van der Waals surface area contributed by atoms with Crippen molar-refractivity contribution in [2.75, 3.05) is 20.2 Å². The molecule has 1 aliphatic heterocycles. The Hall–Kier alpha value is -1.52. The van der Waals surface area contributed by atoms with Crippen LogP contribution in [-0.4, -0.2) is 47.5 Å². The van der Waals surface area contributed by atoms with Crippen LogP contribution in [0.1, 0.15) is 25.3 Å². The number of fused-ring (bicyclic) bond motifs is 1. The van der Waals surface area contributed by atoms with Gasteiger partial charge in [-0.2, -0.15) is 0 Å². The van der Waals surface area contributed by atoms with E-state index in [9.17, 15) is 10.2 Å². The summed E-state index contributed by atoms with van der Waals surface area (Å²) >= 11 is 0. The lowest BCUT2D eigenvalue weighted by Crippen LogP contribution is -2.44. The number of rotatable bonds is 3. The highest BCUT2D eigenvalue weighted by molar-refractivity contribution is 5.48. The Labute approximate surface area is 125 Å². The number of likely N-dealkylation sites (tertiary alicyclic amines) is 1. The SMILES string of the molecule is CCOc1ccc([C@@]23C=C[C@@H](O)C[C@@H]2N(C)CC3)cc1O. The summed E-state index contributed by atoms with van der Waals surface area (Å²) in [6.45, 7) is 3.43. The average molecular weight is 289 g/mol. The molecule has 0 radical (unpaired) electrons. The van der Waals surface area contributed by atoms with E-state index in [2.05, 4.69) is 18.0 Å². The fraction of sp³-hybridized carbons (Fsp3) is 0.529. The van der Waals surface area contributed by atoms with Gasteiger partial charge in [-0.3, -0.25) is 0 Å². The molecule has 0 aromatic heterocycles. The summed E-state index contributed by atoms with van der Waals surface area (Å²) in [5.41, 5.74) is 0.983. The smallest absolute Gasteiger partial charge is 0.160 e. The molecular formula is C17H23NO3. The first-order valence-corrected chi connectivity index (χ1v) is 7.61. The molecule has 3 rings (SSSR count). The minimum absolute atomic E-state index is 0.115. The molecular weight excluding hydrogens is 266 g/mol. The van der Waals surface area contributed by atoms with Crippen molar-refractivity contribution in [1.82, 2.24) is 4.90 Å². The predicted molar refractivity (Wildman–Crippen MR) is 81.8 cm³/mol. The first kappa shape index (κ1) is 14.4. The van der Waals surface area contributed by atoms with Crippen molar-refractivity contribution in [3.63, 3.8) is 0 Å². The van der Waals surface area contributed by atoms with Gasteiger partial charge in [-0.15, -0.1) is 0 Å². The van der Waals surface area contributed by atoms with Gasteiger partial charge in [0, 0.05) is 11.5 Å². The van der Waals surface area contributed by atoms with E-state index in [1.165, 1.54) is 0 Å². The molecule has 1 heterocycles. The average Bonchev–Trinajstić information content (AvgIpc) is 2.80. The Morgan fingerprint density at radius 1 is 1.43 bits per heavy atom. The summed E-state index contributed by atoms with van der Waals surface area (Å²) in [5, 5.41) is 20.1. The fourth-order valence-electron chi connectivity index (χ4n) is 3.77. The highest BCUT2D eigenvalue weighted by atomic mass is 16.5. The zero-order valence-corrected chi connectivity index (χ0v) is 12.6. The number of benzene rings is 1. The van der Waals surface area contributed by atoms with Crippen molar-refractivity contribution in [2.24, 2.45) is 0 Å². The number of nitrogens with zero attached hydrogens (tertiary/aromatic N) is 1. The van der Waals surface area contributed by atoms with E-state index >= 15 is 0 Å². The molecule has 3 atom stereocenters. The standard InChI is InChI=1S/C17H23NO3/c1-3-21-15-5-4-12(10-14(15)20)17-7-6-13(19)11-16(17)18(2)9-8-17/h4-7,10,13,16,19-20H,3,8-9,11H2,1-2H3/t13-,16+,17+/m1/s1. The Morgan fingerprint density at radius 2 is 2.24 bits per heavy atom. The van der Waals surface area contributed by atoms with Crippen molar-refractivity contribution < 1.29 is 14.9 Å². The number of aromatic hydroxyl groups is 1. The summed E-state index contributed by atoms with van der Waals surface area (Å²) in [6.07, 6.45) is 5.39. The van der Waals surface area contributed by atoms with Gasteiger partial charge in [0.25, 0.3) is 0 Å². The zero-order chi connectivity index (χ0) is 15.0. The van der Waals surface area contributed by atoms with Gasteiger partial charge in [0.1, 0.15) is 0 Å². The van der Waals surface area contributed by atoms with E-state index < -0.39 is 0 Å². The van der Waals surface area contributed by atoms with Crippen LogP contribution < -0.4 is 4.74 Å². The summed E-state index contributed by atoms with van der Waals surface area (Å²) in [6, 6.07) is 5.98. The molecule has 2 aliphatic rings. The highest BCUT2D eigenvalue weighted by Crippen LogP contribution is 2.46. The number of phenols is 1. The van der Waals surface area contributed by atoms with Crippen LogP contribution in [0.15, 0.2) is 30.4 Å². The third-order valence-electron chi connectivity index (χ3n) is 4.88. The van der Waals surface area contributed by atoms with Gasteiger partial charge >= 0.3 is 0 Å². The van der Waals surface area contributed by atoms with E-state index in [4.69, 9.17) is 4.74 Å². The molecule has 0 saturated carbocycles. The minimum atomic E-state index is -0.375. The summed E-state index contributed by atoms with van der Waals surface area (Å²) in [4.78, 5) is 2.31. The number of phenolic OH excluding ortho intramolecular Hbond substituents is 1. The molecule has 0 spiro atoms. The van der Waals surface area contributed by atoms with Crippen LogP contribution in [0.3, 0.4) is 0 Å². The maximum Gasteiger partial charge on any atom is 0.160 e. The normalized spacial score (nSPS) is 32.1. The monoisotopic (exact) mass is 289 g/mol. The predicted octanol–water partition coefficient (Wildman–Crippen LogP) is 2.05. The summed E-state index contributed by atoms with van der Waals surface area (Å²) in [5.74, 6) is 0.719. The Balaban J connectivity index is 2.01. The van der Waals surface area contributed by atoms with Gasteiger partial charge in [-0.05, 0) is 51.1 Å². The van der Waals surface area contributed by atoms with Crippen molar-refractivity contribution in [3.8, 4) is 11.5 Å². The van der Waals surface area contributed by atoms with E-state index in [-0.39, 0.29) is 23.3 Å². The molecule has 2 N–H and O–H groups in total. The van der Waals surface area contributed by atoms with E-state index in [1.807, 2.05) is 31.2 Å². The van der Waals surface area contributed by atoms with Crippen LogP contribution in [0.25, 0.3) is 0 Å². The molecule has 114 valence electrons. The fourth-order valence-corrected chi connectivity index (χ4v) is 3.77. The number of aliphatic hydroxyl groups is 1. The molecule has 4 heteroatoms. The lowest BCUT2D eigenvalue weighted by atomic mass is 9.69. The van der Waals surface area contributed by atoms with Crippen molar-refractivity contribution in [1.29, 1.82) is 0 Å². The Bertz CT molecular complexity index is 557. The first-order chi connectivity index (χ1) is 10.1. The van der Waals surface area contributed by atoms with E-state index in [1.54, 1.807) is 0 Å². The van der Waals surface area contributed by atoms with E-state index in [0.29, 0.717) is 12.4 Å². The highest BCUT2D eigenvalue weighted by Gasteiger charge is 2.47. The van der Waals surface area contributed by atoms with Crippen LogP contribution in [-0.2, 0) is 5.41 Å². The van der Waals surface area contributed by atoms with Crippen molar-refractivity contribution >= 4 is 0 Å². The molecule has 21 heavy (non-hydrogen) atoms. The van der Waals surface area contributed by atoms with Gasteiger partial charge in [0.2, 0.25) is 0 Å². The number of aliphatic hydroxyl groups excluding tert-OH is 1. The van der Waals surface area contributed by atoms with Gasteiger partial charge in [-0.1, -0.05) is 18.2 Å². The summed E-state index contributed by atoms with van der Waals surface area (Å²) < 4.78 is 5.41. The largest absolute Gasteiger partial charge is 0.504 e. The number of hydrogen-bond donors (Lipinski definition) is 2. The second-order valence-corrected chi connectivity index (χ2v) is 6.06. The molecule has 1 aromatic rings. The van der Waals surface area contributed by atoms with Crippen LogP contribution in [0.4, 0.5) is 0 Å². The quantitative estimate of drug-likeness (QED) is 0.836. The number of ether oxygens (including phenoxy) is 1. The third-order valence-corrected chi connectivity index (χ3v) is 4.88. The van der Waals surface area contributed by atoms with Crippen LogP contribution >= 0.6 is 0 Å². The molecule has 0 unspecified atom stereocenters. The topological polar surface area (TPSA) is 52.9 Å². The zero-order valence-electron chi connectivity index (χ0n) is 12.6. The molecule has 0 bridgehead atoms. The van der Waals surface area contributed by atoms with E-state index in [0.717, 1.165) is 24.9 Å². The third kappa shape index (κ3) is 2.32. The second kappa shape index (κ2) is 5.35. The molecule has 1 saturated heterocycles. The molecule has 1 aliphatic carbocycles. The molecule has 1 fully saturated rings. The summed E-state index contributed by atoms with van der Waals surface area (Å²) in [7, 11) is 2.10. The van der Waals surface area contributed by atoms with Gasteiger partial charge in [0.15, 0.2) is 11.5 Å². The maximum atomic E-state index is 10.2. The second-order valence-electron chi connectivity index (χ2n) is 6.06. The maximum absolute atomic E-state index is 10.2. The van der Waals surface area contributed by atoms with Gasteiger partial charge in [0.05, 0.1) is 12.7 Å². The number of likely N-dealkylation sites (N-methyl/N-ethyl adjacent to an activating group) is 1. The minimum Gasteiger partial charge on any atom is -0.504 e. The lowest BCUT2D eigenvalue weighted by Gasteiger charge is -2.39. The van der Waals surface area contributed by atoms with Crippen LogP contribution in [0.2, 0.25) is 0 Å². The number of hydrogen-bond acceptors (Lipinski definition) is 4. The van der Waals surface area contributed by atoms with Crippen LogP contribution in [0, 0.1) is 0 Å². The molecule has 1 aromatic carbocycles. The van der Waals surface area contributed by atoms with Crippen molar-refractivity contribution in [3.05, 3.63) is 35.9 Å². The Morgan fingerprint density at radius 3 is 2.95 bits per heavy atom. The van der Waals surface area contributed by atoms with Crippen molar-refractivity contribution in [2.45, 2.75) is 37.3 Å². The van der Waals surface area contributed by atoms with Gasteiger partial charge < -0.3 is 19.8 Å². The molecule has 0 amide bonds. The Kier molecular flexibility index (Phi) is 3.68. The van der Waals surface area contributed by atoms with Gasteiger partial charge in [-0.25, -0.2) is 0 Å². The lowest BCUT2D eigenvalue weighted by molar-refractivity contribution is 0.137. The van der Waals surface area contributed by atoms with Crippen LogP contribution in [0.5, 0.6) is 11.5 Å². The first-order valence-electron chi connectivity index (χ1n) is 7.61.